The lowest BCUT2D eigenvalue weighted by Gasteiger charge is -2.18. The van der Waals surface area contributed by atoms with Crippen molar-refractivity contribution in [3.8, 4) is 51.0 Å². The van der Waals surface area contributed by atoms with Gasteiger partial charge in [0.1, 0.15) is 11.2 Å². The molecule has 15 aromatic rings. The van der Waals surface area contributed by atoms with Crippen molar-refractivity contribution in [1.29, 1.82) is 0 Å². The van der Waals surface area contributed by atoms with Gasteiger partial charge in [0, 0.05) is 49.5 Å². The molecule has 0 N–H and O–H groups in total. The van der Waals surface area contributed by atoms with E-state index in [2.05, 4.69) is 211 Å². The van der Waals surface area contributed by atoms with Gasteiger partial charge in [-0.15, -0.1) is 0 Å². The first-order valence-corrected chi connectivity index (χ1v) is 23.8. The third kappa shape index (κ3) is 5.82. The lowest BCUT2D eigenvalue weighted by atomic mass is 9.90. The summed E-state index contributed by atoms with van der Waals surface area (Å²) in [5.74, 6) is 1.78. The SMILES string of the molecule is c1ccc(-c2nc(-c3ccc4c5ccccc5c5ccccc5c4c3)nc(-c3ccc(-n4c5ccccc5c5cc6ccccc6cc54)cc3-c3c4ccccc4cc4oc5ccccc5c34)n2)cc1. The Morgan fingerprint density at radius 3 is 1.63 bits per heavy atom. The minimum absolute atomic E-state index is 0.580. The fourth-order valence-electron chi connectivity index (χ4n) is 11.2. The van der Waals surface area contributed by atoms with Crippen molar-refractivity contribution in [2.24, 2.45) is 0 Å². The zero-order chi connectivity index (χ0) is 45.9. The number of furan rings is 1. The third-order valence-corrected chi connectivity index (χ3v) is 14.4. The topological polar surface area (TPSA) is 56.7 Å². The van der Waals surface area contributed by atoms with E-state index in [1.54, 1.807) is 0 Å². The summed E-state index contributed by atoms with van der Waals surface area (Å²) in [4.78, 5) is 16.2. The van der Waals surface area contributed by atoms with Crippen LogP contribution in [0.3, 0.4) is 0 Å². The first-order valence-electron chi connectivity index (χ1n) is 23.8. The minimum Gasteiger partial charge on any atom is -0.456 e. The van der Waals surface area contributed by atoms with Gasteiger partial charge in [0.25, 0.3) is 0 Å². The smallest absolute Gasteiger partial charge is 0.164 e. The molecule has 5 heteroatoms. The lowest BCUT2D eigenvalue weighted by Crippen LogP contribution is -2.02. The average Bonchev–Trinajstić information content (AvgIpc) is 3.96. The Morgan fingerprint density at radius 2 is 0.871 bits per heavy atom. The molecule has 3 aromatic heterocycles. The molecule has 12 aromatic carbocycles. The molecule has 0 aliphatic rings. The summed E-state index contributed by atoms with van der Waals surface area (Å²) in [5.41, 5.74) is 9.73. The van der Waals surface area contributed by atoms with E-state index in [9.17, 15) is 0 Å². The normalized spacial score (nSPS) is 12.0. The first-order chi connectivity index (χ1) is 34.7. The molecule has 0 radical (unpaired) electrons. The average molecular weight is 891 g/mol. The molecule has 0 aliphatic heterocycles. The Kier molecular flexibility index (Phi) is 8.29. The molecule has 0 atom stereocenters. The Labute approximate surface area is 401 Å². The summed E-state index contributed by atoms with van der Waals surface area (Å²) in [5, 5.41) is 16.3. The highest BCUT2D eigenvalue weighted by Gasteiger charge is 2.24. The Bertz CT molecular complexity index is 4630. The second kappa shape index (κ2) is 15.0. The minimum atomic E-state index is 0.580. The van der Waals surface area contributed by atoms with Crippen LogP contribution in [-0.4, -0.2) is 19.5 Å². The monoisotopic (exact) mass is 890 g/mol. The van der Waals surface area contributed by atoms with Gasteiger partial charge in [0.15, 0.2) is 17.5 Å². The molecule has 15 rings (SSSR count). The first kappa shape index (κ1) is 38.6. The summed E-state index contributed by atoms with van der Waals surface area (Å²) in [6.45, 7) is 0. The summed E-state index contributed by atoms with van der Waals surface area (Å²) in [7, 11) is 0. The Morgan fingerprint density at radius 1 is 0.300 bits per heavy atom. The van der Waals surface area contributed by atoms with Gasteiger partial charge in [-0.2, -0.15) is 0 Å². The number of hydrogen-bond donors (Lipinski definition) is 0. The van der Waals surface area contributed by atoms with Crippen LogP contribution in [0.25, 0.3) is 149 Å². The maximum Gasteiger partial charge on any atom is 0.164 e. The molecule has 324 valence electrons. The maximum absolute atomic E-state index is 6.73. The van der Waals surface area contributed by atoms with Crippen LogP contribution in [0.5, 0.6) is 0 Å². The fourth-order valence-corrected chi connectivity index (χ4v) is 11.2. The van der Waals surface area contributed by atoms with Crippen molar-refractivity contribution >= 4 is 97.6 Å². The van der Waals surface area contributed by atoms with Gasteiger partial charge >= 0.3 is 0 Å². The molecular weight excluding hydrogens is 853 g/mol. The second-order valence-corrected chi connectivity index (χ2v) is 18.3. The van der Waals surface area contributed by atoms with Crippen molar-refractivity contribution in [3.05, 3.63) is 231 Å². The van der Waals surface area contributed by atoms with E-state index in [0.29, 0.717) is 17.5 Å². The Hall–Kier alpha value is -9.45. The van der Waals surface area contributed by atoms with Crippen LogP contribution in [0.4, 0.5) is 0 Å². The standard InChI is InChI=1S/C65H38N4O/c1-2-16-39(17-3-1)63-66-64(43-30-32-50-48-24-9-8-22-46(48)47-23-10-11-25-49(47)54(50)35-43)68-65(67-63)52-33-31-44(69-57-28-14-12-26-51(57)55-34-40-18-4-5-19-41(40)36-58(55)69)38-56(52)61-45-21-7-6-20-42(45)37-60-62(61)53-27-13-15-29-59(53)70-60/h1-38H. The van der Waals surface area contributed by atoms with Gasteiger partial charge in [-0.3, -0.25) is 0 Å². The molecule has 0 saturated carbocycles. The van der Waals surface area contributed by atoms with Gasteiger partial charge < -0.3 is 8.98 Å². The van der Waals surface area contributed by atoms with Gasteiger partial charge in [0.2, 0.25) is 0 Å². The number of para-hydroxylation sites is 2. The lowest BCUT2D eigenvalue weighted by molar-refractivity contribution is 0.669. The third-order valence-electron chi connectivity index (χ3n) is 14.4. The number of nitrogens with zero attached hydrogens (tertiary/aromatic N) is 4. The molecule has 0 unspecified atom stereocenters. The zero-order valence-electron chi connectivity index (χ0n) is 37.6. The highest BCUT2D eigenvalue weighted by molar-refractivity contribution is 6.26. The molecule has 70 heavy (non-hydrogen) atoms. The Balaban J connectivity index is 1.05. The molecule has 0 fully saturated rings. The molecule has 0 aliphatic carbocycles. The molecule has 0 saturated heterocycles. The van der Waals surface area contributed by atoms with E-state index in [1.807, 2.05) is 24.3 Å². The van der Waals surface area contributed by atoms with Crippen molar-refractivity contribution < 1.29 is 4.42 Å². The molecule has 0 spiro atoms. The van der Waals surface area contributed by atoms with Crippen molar-refractivity contribution in [2.75, 3.05) is 0 Å². The van der Waals surface area contributed by atoms with Gasteiger partial charge in [0.05, 0.1) is 11.0 Å². The number of hydrogen-bond acceptors (Lipinski definition) is 4. The molecule has 3 heterocycles. The maximum atomic E-state index is 6.73. The van der Waals surface area contributed by atoms with Crippen LogP contribution in [0.1, 0.15) is 0 Å². The van der Waals surface area contributed by atoms with Gasteiger partial charge in [-0.1, -0.05) is 176 Å². The van der Waals surface area contributed by atoms with Crippen molar-refractivity contribution in [3.63, 3.8) is 0 Å². The van der Waals surface area contributed by atoms with E-state index in [1.165, 1.54) is 48.5 Å². The van der Waals surface area contributed by atoms with E-state index in [0.717, 1.165) is 82.6 Å². The molecule has 5 nitrogen and oxygen atoms in total. The van der Waals surface area contributed by atoms with E-state index in [-0.39, 0.29) is 0 Å². The fraction of sp³-hybridized carbons (Fsp3) is 0. The van der Waals surface area contributed by atoms with Gasteiger partial charge in [-0.25, -0.2) is 15.0 Å². The summed E-state index contributed by atoms with van der Waals surface area (Å²) in [6, 6.07) is 82.3. The van der Waals surface area contributed by atoms with Crippen molar-refractivity contribution in [1.82, 2.24) is 19.5 Å². The quantitative estimate of drug-likeness (QED) is 0.162. The number of benzene rings is 12. The highest BCUT2D eigenvalue weighted by atomic mass is 16.3. The van der Waals surface area contributed by atoms with Crippen LogP contribution in [0, 0.1) is 0 Å². The summed E-state index contributed by atoms with van der Waals surface area (Å²) >= 11 is 0. The zero-order valence-corrected chi connectivity index (χ0v) is 37.6. The molecular formula is C65H38N4O. The summed E-state index contributed by atoms with van der Waals surface area (Å²) < 4.78 is 9.14. The predicted octanol–water partition coefficient (Wildman–Crippen LogP) is 17.3. The number of rotatable bonds is 5. The van der Waals surface area contributed by atoms with E-state index < -0.39 is 0 Å². The van der Waals surface area contributed by atoms with Crippen LogP contribution in [-0.2, 0) is 0 Å². The van der Waals surface area contributed by atoms with Gasteiger partial charge in [-0.05, 0) is 114 Å². The highest BCUT2D eigenvalue weighted by Crippen LogP contribution is 2.47. The van der Waals surface area contributed by atoms with Crippen molar-refractivity contribution in [2.45, 2.75) is 0 Å². The molecule has 0 amide bonds. The van der Waals surface area contributed by atoms with E-state index in [4.69, 9.17) is 19.4 Å². The van der Waals surface area contributed by atoms with Crippen LogP contribution < -0.4 is 0 Å². The molecule has 0 bridgehead atoms. The van der Waals surface area contributed by atoms with Crippen LogP contribution in [0.2, 0.25) is 0 Å². The number of aromatic nitrogens is 4. The van der Waals surface area contributed by atoms with Crippen LogP contribution >= 0.6 is 0 Å². The number of fused-ring (bicyclic) bond motifs is 14. The second-order valence-electron chi connectivity index (χ2n) is 18.3. The summed E-state index contributed by atoms with van der Waals surface area (Å²) in [6.07, 6.45) is 0. The van der Waals surface area contributed by atoms with E-state index >= 15 is 0 Å². The van der Waals surface area contributed by atoms with Crippen LogP contribution in [0.15, 0.2) is 235 Å². The largest absolute Gasteiger partial charge is 0.456 e. The predicted molar refractivity (Wildman–Crippen MR) is 291 cm³/mol.